The minimum atomic E-state index is -4.44. The minimum absolute atomic E-state index is 0.00366. The fourth-order valence-corrected chi connectivity index (χ4v) is 9.17. The molecule has 218 valence electrons. The molecule has 1 N–H and O–H groups in total. The van der Waals surface area contributed by atoms with Gasteiger partial charge in [-0.15, -0.1) is 4.49 Å². The molecular weight excluding hydrogens is 523 g/mol. The van der Waals surface area contributed by atoms with E-state index < -0.39 is 58.9 Å². The van der Waals surface area contributed by atoms with Gasteiger partial charge in [0.25, 0.3) is 0 Å². The highest BCUT2D eigenvalue weighted by atomic mass is 32.2. The Morgan fingerprint density at radius 1 is 0.763 bits per heavy atom. The second kappa shape index (κ2) is 11.1. The quantitative estimate of drug-likeness (QED) is 0.343. The van der Waals surface area contributed by atoms with Crippen molar-refractivity contribution in [1.82, 2.24) is 4.49 Å². The average molecular weight is 573 g/mol. The maximum absolute atomic E-state index is 14.2. The van der Waals surface area contributed by atoms with Gasteiger partial charge in [-0.05, 0) is 33.5 Å². The highest BCUT2D eigenvalue weighted by Crippen LogP contribution is 2.56. The third-order valence-corrected chi connectivity index (χ3v) is 10.8. The summed E-state index contributed by atoms with van der Waals surface area (Å²) in [5.74, 6) is -0.429. The molecule has 0 spiro atoms. The van der Waals surface area contributed by atoms with Crippen LogP contribution in [0.25, 0.3) is 0 Å². The van der Waals surface area contributed by atoms with Crippen molar-refractivity contribution in [3.63, 3.8) is 0 Å². The van der Waals surface area contributed by atoms with Crippen molar-refractivity contribution >= 4 is 33.5 Å². The fraction of sp³-hybridized carbons (Fsp3) is 1.00. The van der Waals surface area contributed by atoms with Crippen LogP contribution in [0.15, 0.2) is 0 Å². The molecule has 12 heteroatoms. The van der Waals surface area contributed by atoms with E-state index in [0.717, 1.165) is 6.26 Å². The first-order chi connectivity index (χ1) is 16.7. The maximum atomic E-state index is 14.2. The zero-order valence-corrected chi connectivity index (χ0v) is 27.4. The van der Waals surface area contributed by atoms with Crippen LogP contribution in [0.4, 0.5) is 0 Å². The first kappa shape index (κ1) is 34.3. The third kappa shape index (κ3) is 8.33. The van der Waals surface area contributed by atoms with Crippen molar-refractivity contribution in [3.8, 4) is 0 Å². The summed E-state index contributed by atoms with van der Waals surface area (Å²) in [5.41, 5.74) is -1.19. The van der Waals surface area contributed by atoms with E-state index in [1.807, 2.05) is 41.5 Å². The predicted molar refractivity (Wildman–Crippen MR) is 154 cm³/mol. The lowest BCUT2D eigenvalue weighted by Crippen LogP contribution is -2.44. The van der Waals surface area contributed by atoms with Crippen molar-refractivity contribution in [2.45, 2.75) is 113 Å². The van der Waals surface area contributed by atoms with Crippen LogP contribution in [0.2, 0.25) is 0 Å². The zero-order chi connectivity index (χ0) is 29.9. The van der Waals surface area contributed by atoms with Crippen molar-refractivity contribution in [3.05, 3.63) is 0 Å². The van der Waals surface area contributed by atoms with Gasteiger partial charge in [-0.1, -0.05) is 83.1 Å². The predicted octanol–water partition coefficient (Wildman–Crippen LogP) is 4.87. The molecule has 0 bridgehead atoms. The Hall–Kier alpha value is 0.110. The summed E-state index contributed by atoms with van der Waals surface area (Å²) in [6, 6.07) is -1.24. The second-order valence-corrected chi connectivity index (χ2v) is 19.2. The third-order valence-electron chi connectivity index (χ3n) is 7.58. The van der Waals surface area contributed by atoms with Gasteiger partial charge in [-0.2, -0.15) is 0 Å². The highest BCUT2D eigenvalue weighted by Gasteiger charge is 2.56. The number of hydrogen-bond acceptors (Lipinski definition) is 7. The van der Waals surface area contributed by atoms with E-state index in [4.69, 9.17) is 34.2 Å². The zero-order valence-electron chi connectivity index (χ0n) is 25.7. The smallest absolute Gasteiger partial charge is 0.382 e. The Balaban J connectivity index is 2.45. The normalized spacial score (nSPS) is 35.4. The monoisotopic (exact) mass is 573 g/mol. The number of nitrogens with one attached hydrogen (secondary N) is 1. The van der Waals surface area contributed by atoms with Crippen LogP contribution in [0.5, 0.6) is 0 Å². The van der Waals surface area contributed by atoms with Crippen LogP contribution in [0, 0.1) is 39.4 Å². The molecule has 2 rings (SSSR count). The average Bonchev–Trinajstić information content (AvgIpc) is 3.14. The van der Waals surface area contributed by atoms with Crippen LogP contribution in [0.3, 0.4) is 0 Å². The molecule has 0 amide bonds. The lowest BCUT2D eigenvalue weighted by atomic mass is 9.59. The van der Waals surface area contributed by atoms with Gasteiger partial charge in [0.15, 0.2) is 0 Å². The van der Waals surface area contributed by atoms with Gasteiger partial charge in [0.2, 0.25) is 10.0 Å². The summed E-state index contributed by atoms with van der Waals surface area (Å²) >= 11 is 0. The van der Waals surface area contributed by atoms with E-state index >= 15 is 0 Å². The van der Waals surface area contributed by atoms with Gasteiger partial charge in [-0.3, -0.25) is 9.05 Å². The molecule has 0 aromatic heterocycles. The van der Waals surface area contributed by atoms with Gasteiger partial charge in [0.1, 0.15) is 21.8 Å². The Kier molecular flexibility index (Phi) is 10.00. The molecule has 2 heterocycles. The van der Waals surface area contributed by atoms with Crippen LogP contribution in [0.1, 0.15) is 83.1 Å². The molecule has 2 fully saturated rings. The van der Waals surface area contributed by atoms with E-state index in [1.54, 1.807) is 0 Å². The number of rotatable bonds is 7. The fourth-order valence-electron chi connectivity index (χ4n) is 6.20. The first-order valence-electron chi connectivity index (χ1n) is 13.4. The van der Waals surface area contributed by atoms with Crippen LogP contribution in [-0.4, -0.2) is 67.3 Å². The van der Waals surface area contributed by atoms with Gasteiger partial charge in [0, 0.05) is 17.9 Å². The number of sulfonamides is 1. The molecule has 0 aromatic carbocycles. The summed E-state index contributed by atoms with van der Waals surface area (Å²) in [5, 5.41) is 0. The van der Waals surface area contributed by atoms with Gasteiger partial charge < -0.3 is 9.47 Å². The van der Waals surface area contributed by atoms with Gasteiger partial charge >= 0.3 is 7.75 Å². The molecule has 4 radical (unpaired) electrons. The Morgan fingerprint density at radius 3 is 1.61 bits per heavy atom. The van der Waals surface area contributed by atoms with E-state index in [1.165, 1.54) is 0 Å². The number of hydrogen-bond donors (Lipinski definition) is 1. The van der Waals surface area contributed by atoms with E-state index in [-0.39, 0.29) is 35.2 Å². The lowest BCUT2D eigenvalue weighted by Gasteiger charge is -2.42. The van der Waals surface area contributed by atoms with Crippen LogP contribution >= 0.6 is 7.75 Å². The Labute approximate surface area is 234 Å². The summed E-state index contributed by atoms with van der Waals surface area (Å²) in [6.07, 6.45) is -0.950. The summed E-state index contributed by atoms with van der Waals surface area (Å²) < 4.78 is 65.4. The minimum Gasteiger partial charge on any atom is -0.382 e. The molecule has 0 aromatic rings. The van der Waals surface area contributed by atoms with Crippen molar-refractivity contribution in [2.24, 2.45) is 39.4 Å². The topological polar surface area (TPSA) is 100 Å². The van der Waals surface area contributed by atoms with E-state index in [9.17, 15) is 13.0 Å². The summed E-state index contributed by atoms with van der Waals surface area (Å²) in [7, 11) is 4.43. The van der Waals surface area contributed by atoms with Crippen molar-refractivity contribution in [2.75, 3.05) is 12.9 Å². The summed E-state index contributed by atoms with van der Waals surface area (Å²) in [4.78, 5) is 0. The molecule has 38 heavy (non-hydrogen) atoms. The largest absolute Gasteiger partial charge is 0.419 e. The molecular formula is C26H50B2NO7PS. The highest BCUT2D eigenvalue weighted by molar-refractivity contribution is 7.94. The van der Waals surface area contributed by atoms with Gasteiger partial charge in [-0.25, -0.2) is 13.0 Å². The number of ether oxygens (including phenoxy) is 2. The molecule has 2 saturated heterocycles. The standard InChI is InChI=1S/C26H50B2NO7PS/c1-23(2,3)16-15(34-21(27)17(16)24(4,5)6)14-33-37(30,29-38(13,31)32)36-19-18(25(7,8)9)22(28)35-20(19)26(10,11)12/h15-22H,14H2,1-13H3,(H,29,30)/t15-,16?,17+,18+,19?,20+,21-,22-,37-/m1/s1. The second-order valence-electron chi connectivity index (χ2n) is 15.4. The Bertz CT molecular complexity index is 982. The van der Waals surface area contributed by atoms with Crippen molar-refractivity contribution < 1.29 is 31.5 Å². The molecule has 0 aliphatic carbocycles. The van der Waals surface area contributed by atoms with E-state index in [0.29, 0.717) is 0 Å². The molecule has 2 aliphatic rings. The maximum Gasteiger partial charge on any atom is 0.419 e. The molecule has 0 saturated carbocycles. The molecule has 9 atom stereocenters. The van der Waals surface area contributed by atoms with Crippen LogP contribution < -0.4 is 4.49 Å². The van der Waals surface area contributed by atoms with Crippen LogP contribution in [-0.2, 0) is 33.1 Å². The summed E-state index contributed by atoms with van der Waals surface area (Å²) in [6.45, 7) is 24.4. The van der Waals surface area contributed by atoms with E-state index in [2.05, 4.69) is 46.0 Å². The Morgan fingerprint density at radius 2 is 1.21 bits per heavy atom. The van der Waals surface area contributed by atoms with Gasteiger partial charge in [0.05, 0.1) is 25.1 Å². The SMILES string of the molecule is [B][C@@H]1O[C@H](C(C)(C)C)C(O[P@@](=O)(NS(C)(=O)=O)OC[C@H]2O[C@@H]([B])[C@@H](C(C)(C)C)C2C(C)(C)C)[C@@H]1C(C)(C)C. The van der Waals surface area contributed by atoms with Crippen molar-refractivity contribution in [1.29, 1.82) is 0 Å². The molecule has 2 unspecified atom stereocenters. The lowest BCUT2D eigenvalue weighted by molar-refractivity contribution is -0.0385. The molecule has 8 nitrogen and oxygen atoms in total. The first-order valence-corrected chi connectivity index (χ1v) is 16.8. The molecule has 2 aliphatic heterocycles.